The zero-order chi connectivity index (χ0) is 14.4. The molecule has 1 aliphatic rings. The summed E-state index contributed by atoms with van der Waals surface area (Å²) in [6, 6.07) is 0. The van der Waals surface area contributed by atoms with E-state index in [1.807, 2.05) is 7.05 Å². The Kier molecular flexibility index (Phi) is 7.98. The first-order valence-corrected chi connectivity index (χ1v) is 7.48. The zero-order valence-corrected chi connectivity index (χ0v) is 15.5. The van der Waals surface area contributed by atoms with Crippen molar-refractivity contribution in [1.29, 1.82) is 0 Å². The molecule has 0 radical (unpaired) electrons. The van der Waals surface area contributed by atoms with Gasteiger partial charge in [-0.2, -0.15) is 5.10 Å². The van der Waals surface area contributed by atoms with Gasteiger partial charge in [0.25, 0.3) is 0 Å². The van der Waals surface area contributed by atoms with Gasteiger partial charge in [-0.15, -0.1) is 24.0 Å². The summed E-state index contributed by atoms with van der Waals surface area (Å²) in [5, 5.41) is 10.8. The van der Waals surface area contributed by atoms with E-state index in [0.29, 0.717) is 6.54 Å². The number of rotatable bonds is 4. The van der Waals surface area contributed by atoms with Gasteiger partial charge in [-0.25, -0.2) is 4.98 Å². The van der Waals surface area contributed by atoms with Crippen LogP contribution in [0.2, 0.25) is 0 Å². The number of aromatic nitrogens is 3. The molecule has 2 rings (SSSR count). The van der Waals surface area contributed by atoms with Gasteiger partial charge >= 0.3 is 0 Å². The quantitative estimate of drug-likeness (QED) is 0.456. The number of aliphatic imine (C=N–C) groups is 1. The summed E-state index contributed by atoms with van der Waals surface area (Å²) in [4.78, 5) is 8.45. The smallest absolute Gasteiger partial charge is 0.191 e. The first-order valence-electron chi connectivity index (χ1n) is 7.48. The minimum absolute atomic E-state index is 0. The van der Waals surface area contributed by atoms with Crippen LogP contribution in [0.15, 0.2) is 11.3 Å². The number of hydrogen-bond acceptors (Lipinski definition) is 3. The van der Waals surface area contributed by atoms with Gasteiger partial charge in [-0.3, -0.25) is 9.67 Å². The molecule has 2 N–H and O–H groups in total. The number of aryl methyl sites for hydroxylation is 1. The van der Waals surface area contributed by atoms with E-state index in [1.165, 1.54) is 25.7 Å². The second kappa shape index (κ2) is 9.22. The van der Waals surface area contributed by atoms with Gasteiger partial charge in [-0.1, -0.05) is 26.2 Å². The molecular formula is C14H27IN6. The maximum atomic E-state index is 4.26. The second-order valence-corrected chi connectivity index (χ2v) is 5.63. The van der Waals surface area contributed by atoms with E-state index in [9.17, 15) is 0 Å². The summed E-state index contributed by atoms with van der Waals surface area (Å²) < 4.78 is 1.77. The number of halogens is 1. The molecule has 1 fully saturated rings. The van der Waals surface area contributed by atoms with Gasteiger partial charge in [0.1, 0.15) is 12.2 Å². The average Bonchev–Trinajstić information content (AvgIpc) is 2.86. The lowest BCUT2D eigenvalue weighted by atomic mass is 9.80. The van der Waals surface area contributed by atoms with Crippen molar-refractivity contribution in [2.45, 2.75) is 39.2 Å². The molecule has 1 heterocycles. The largest absolute Gasteiger partial charge is 0.356 e. The van der Waals surface area contributed by atoms with Crippen LogP contribution in [0.3, 0.4) is 0 Å². The molecule has 0 aromatic carbocycles. The SMILES string of the molecule is CN=C(NCc1ncnn1C)NCC1CCCCC1C.I. The third kappa shape index (κ3) is 5.44. The van der Waals surface area contributed by atoms with Crippen molar-refractivity contribution < 1.29 is 0 Å². The molecule has 1 saturated carbocycles. The molecule has 7 heteroatoms. The summed E-state index contributed by atoms with van der Waals surface area (Å²) in [6.45, 7) is 4.00. The van der Waals surface area contributed by atoms with Crippen LogP contribution in [0.5, 0.6) is 0 Å². The van der Waals surface area contributed by atoms with Crippen molar-refractivity contribution in [3.05, 3.63) is 12.2 Å². The molecule has 6 nitrogen and oxygen atoms in total. The van der Waals surface area contributed by atoms with E-state index in [4.69, 9.17) is 0 Å². The van der Waals surface area contributed by atoms with Crippen LogP contribution >= 0.6 is 24.0 Å². The van der Waals surface area contributed by atoms with Crippen molar-refractivity contribution in [2.24, 2.45) is 23.9 Å². The van der Waals surface area contributed by atoms with Crippen LogP contribution in [0.4, 0.5) is 0 Å². The number of nitrogens with zero attached hydrogens (tertiary/aromatic N) is 4. The van der Waals surface area contributed by atoms with Crippen LogP contribution in [-0.4, -0.2) is 34.3 Å². The molecule has 0 amide bonds. The van der Waals surface area contributed by atoms with Crippen LogP contribution in [0.1, 0.15) is 38.4 Å². The van der Waals surface area contributed by atoms with E-state index < -0.39 is 0 Å². The molecule has 0 spiro atoms. The van der Waals surface area contributed by atoms with Crippen LogP contribution < -0.4 is 10.6 Å². The van der Waals surface area contributed by atoms with Crippen LogP contribution in [-0.2, 0) is 13.6 Å². The monoisotopic (exact) mass is 406 g/mol. The Labute approximate surface area is 144 Å². The summed E-state index contributed by atoms with van der Waals surface area (Å²) in [5.74, 6) is 3.31. The molecule has 21 heavy (non-hydrogen) atoms. The minimum Gasteiger partial charge on any atom is -0.356 e. The third-order valence-electron chi connectivity index (χ3n) is 4.26. The molecule has 0 saturated heterocycles. The van der Waals surface area contributed by atoms with Crippen molar-refractivity contribution in [2.75, 3.05) is 13.6 Å². The maximum Gasteiger partial charge on any atom is 0.191 e. The summed E-state index contributed by atoms with van der Waals surface area (Å²) >= 11 is 0. The highest BCUT2D eigenvalue weighted by atomic mass is 127. The molecular weight excluding hydrogens is 379 g/mol. The first kappa shape index (κ1) is 18.2. The van der Waals surface area contributed by atoms with Gasteiger partial charge in [0, 0.05) is 20.6 Å². The third-order valence-corrected chi connectivity index (χ3v) is 4.26. The van der Waals surface area contributed by atoms with Crippen LogP contribution in [0.25, 0.3) is 0 Å². The Morgan fingerprint density at radius 3 is 2.76 bits per heavy atom. The van der Waals surface area contributed by atoms with Gasteiger partial charge < -0.3 is 10.6 Å². The lowest BCUT2D eigenvalue weighted by molar-refractivity contribution is 0.256. The first-order chi connectivity index (χ1) is 9.70. The topological polar surface area (TPSA) is 67.1 Å². The fourth-order valence-electron chi connectivity index (χ4n) is 2.79. The highest BCUT2D eigenvalue weighted by Gasteiger charge is 2.21. The standard InChI is InChI=1S/C14H26N6.HI/c1-11-6-4-5-7-12(11)8-16-14(15-2)17-9-13-18-10-19-20(13)3;/h10-12H,4-9H2,1-3H3,(H2,15,16,17);1H. The number of nitrogens with one attached hydrogen (secondary N) is 2. The molecule has 120 valence electrons. The summed E-state index contributed by atoms with van der Waals surface area (Å²) in [7, 11) is 3.69. The Morgan fingerprint density at radius 2 is 2.14 bits per heavy atom. The summed E-state index contributed by atoms with van der Waals surface area (Å²) in [5.41, 5.74) is 0. The fraction of sp³-hybridized carbons (Fsp3) is 0.786. The highest BCUT2D eigenvalue weighted by Crippen LogP contribution is 2.28. The lowest BCUT2D eigenvalue weighted by Crippen LogP contribution is -2.41. The van der Waals surface area contributed by atoms with Crippen LogP contribution in [0, 0.1) is 11.8 Å². The normalized spacial score (nSPS) is 22.5. The van der Waals surface area contributed by atoms with E-state index in [2.05, 4.69) is 32.6 Å². The molecule has 1 aromatic heterocycles. The van der Waals surface area contributed by atoms with E-state index in [1.54, 1.807) is 18.1 Å². The predicted molar refractivity (Wildman–Crippen MR) is 95.7 cm³/mol. The van der Waals surface area contributed by atoms with E-state index in [-0.39, 0.29) is 24.0 Å². The Hall–Kier alpha value is -0.860. The lowest BCUT2D eigenvalue weighted by Gasteiger charge is -2.29. The van der Waals surface area contributed by atoms with Crippen molar-refractivity contribution in [3.8, 4) is 0 Å². The van der Waals surface area contributed by atoms with Crippen molar-refractivity contribution >= 4 is 29.9 Å². The molecule has 1 aromatic rings. The molecule has 2 unspecified atom stereocenters. The fourth-order valence-corrected chi connectivity index (χ4v) is 2.79. The maximum absolute atomic E-state index is 4.26. The van der Waals surface area contributed by atoms with Gasteiger partial charge in [0.2, 0.25) is 0 Å². The van der Waals surface area contributed by atoms with E-state index in [0.717, 1.165) is 30.2 Å². The molecule has 1 aliphatic carbocycles. The Morgan fingerprint density at radius 1 is 1.38 bits per heavy atom. The minimum atomic E-state index is 0. The van der Waals surface area contributed by atoms with Crippen molar-refractivity contribution in [1.82, 2.24) is 25.4 Å². The average molecular weight is 406 g/mol. The van der Waals surface area contributed by atoms with Gasteiger partial charge in [0.15, 0.2) is 5.96 Å². The Balaban J connectivity index is 0.00000220. The molecule has 0 bridgehead atoms. The predicted octanol–water partition coefficient (Wildman–Crippen LogP) is 1.92. The Bertz CT molecular complexity index is 444. The van der Waals surface area contributed by atoms with Gasteiger partial charge in [0.05, 0.1) is 6.54 Å². The second-order valence-electron chi connectivity index (χ2n) is 5.63. The number of hydrogen-bond donors (Lipinski definition) is 2. The zero-order valence-electron chi connectivity index (χ0n) is 13.2. The summed E-state index contributed by atoms with van der Waals surface area (Å²) in [6.07, 6.45) is 7.00. The van der Waals surface area contributed by atoms with Crippen molar-refractivity contribution in [3.63, 3.8) is 0 Å². The van der Waals surface area contributed by atoms with Gasteiger partial charge in [-0.05, 0) is 18.3 Å². The van der Waals surface area contributed by atoms with E-state index >= 15 is 0 Å². The molecule has 0 aliphatic heterocycles. The highest BCUT2D eigenvalue weighted by molar-refractivity contribution is 14.0. The molecule has 2 atom stereocenters. The number of guanidine groups is 1.